The summed E-state index contributed by atoms with van der Waals surface area (Å²) in [4.78, 5) is 15.4. The molecule has 1 heterocycles. The highest BCUT2D eigenvalue weighted by Crippen LogP contribution is 2.09. The maximum absolute atomic E-state index is 11.3. The predicted molar refractivity (Wildman–Crippen MR) is 66.9 cm³/mol. The second-order valence-electron chi connectivity index (χ2n) is 3.44. The van der Waals surface area contributed by atoms with Crippen molar-refractivity contribution in [3.63, 3.8) is 0 Å². The Balaban J connectivity index is 2.41. The second kappa shape index (κ2) is 7.59. The Labute approximate surface area is 101 Å². The monoisotopic (exact) mass is 238 g/mol. The van der Waals surface area contributed by atoms with E-state index in [4.69, 9.17) is 10.5 Å². The van der Waals surface area contributed by atoms with Crippen LogP contribution >= 0.6 is 0 Å². The van der Waals surface area contributed by atoms with E-state index in [0.29, 0.717) is 31.8 Å². The Kier molecular flexibility index (Phi) is 5.98. The molecule has 0 saturated carbocycles. The van der Waals surface area contributed by atoms with Crippen LogP contribution in [0.5, 0.6) is 0 Å². The highest BCUT2D eigenvalue weighted by atomic mass is 16.5. The lowest BCUT2D eigenvalue weighted by Gasteiger charge is -2.07. The third-order valence-electron chi connectivity index (χ3n) is 2.03. The van der Waals surface area contributed by atoms with Gasteiger partial charge in [-0.2, -0.15) is 0 Å². The van der Waals surface area contributed by atoms with E-state index in [1.807, 2.05) is 0 Å². The SMILES string of the molecule is COCCNc1ccc(NC(=O)CCN)cn1. The summed E-state index contributed by atoms with van der Waals surface area (Å²) in [6.07, 6.45) is 1.91. The number of methoxy groups -OCH3 is 1. The summed E-state index contributed by atoms with van der Waals surface area (Å²) in [6.45, 7) is 1.66. The minimum absolute atomic E-state index is 0.102. The molecule has 6 nitrogen and oxygen atoms in total. The third-order valence-corrected chi connectivity index (χ3v) is 2.03. The van der Waals surface area contributed by atoms with Gasteiger partial charge in [-0.05, 0) is 12.1 Å². The van der Waals surface area contributed by atoms with Gasteiger partial charge in [0.15, 0.2) is 0 Å². The van der Waals surface area contributed by atoms with E-state index in [1.165, 1.54) is 0 Å². The number of carbonyl (C=O) groups excluding carboxylic acids is 1. The van der Waals surface area contributed by atoms with E-state index in [0.717, 1.165) is 5.82 Å². The van der Waals surface area contributed by atoms with Gasteiger partial charge in [-0.1, -0.05) is 0 Å². The fourth-order valence-corrected chi connectivity index (χ4v) is 1.21. The number of nitrogens with two attached hydrogens (primary N) is 1. The van der Waals surface area contributed by atoms with Gasteiger partial charge in [0.1, 0.15) is 5.82 Å². The summed E-state index contributed by atoms with van der Waals surface area (Å²) < 4.78 is 4.91. The van der Waals surface area contributed by atoms with Crippen LogP contribution in [0.25, 0.3) is 0 Å². The molecule has 0 radical (unpaired) electrons. The Morgan fingerprint density at radius 2 is 2.35 bits per heavy atom. The van der Waals surface area contributed by atoms with Crippen LogP contribution in [0.15, 0.2) is 18.3 Å². The highest BCUT2D eigenvalue weighted by molar-refractivity contribution is 5.90. The number of hydrogen-bond donors (Lipinski definition) is 3. The normalized spacial score (nSPS) is 10.0. The van der Waals surface area contributed by atoms with Crippen LogP contribution in [0.3, 0.4) is 0 Å². The summed E-state index contributed by atoms with van der Waals surface area (Å²) in [5.74, 6) is 0.647. The average molecular weight is 238 g/mol. The van der Waals surface area contributed by atoms with Gasteiger partial charge in [0.05, 0.1) is 18.5 Å². The summed E-state index contributed by atoms with van der Waals surface area (Å²) in [7, 11) is 1.64. The molecule has 0 spiro atoms. The molecule has 0 bridgehead atoms. The molecule has 0 aromatic carbocycles. The Morgan fingerprint density at radius 3 is 2.94 bits per heavy atom. The van der Waals surface area contributed by atoms with Crippen LogP contribution in [-0.4, -0.2) is 37.7 Å². The maximum atomic E-state index is 11.3. The van der Waals surface area contributed by atoms with Crippen molar-refractivity contribution in [1.82, 2.24) is 4.98 Å². The van der Waals surface area contributed by atoms with Crippen molar-refractivity contribution in [2.24, 2.45) is 5.73 Å². The van der Waals surface area contributed by atoms with Crippen LogP contribution < -0.4 is 16.4 Å². The van der Waals surface area contributed by atoms with E-state index in [2.05, 4.69) is 15.6 Å². The lowest BCUT2D eigenvalue weighted by Crippen LogP contribution is -2.16. The van der Waals surface area contributed by atoms with E-state index in [9.17, 15) is 4.79 Å². The van der Waals surface area contributed by atoms with Gasteiger partial charge in [-0.3, -0.25) is 4.79 Å². The van der Waals surface area contributed by atoms with Crippen LogP contribution in [0, 0.1) is 0 Å². The van der Waals surface area contributed by atoms with E-state index in [1.54, 1.807) is 25.4 Å². The smallest absolute Gasteiger partial charge is 0.225 e. The molecule has 1 amide bonds. The third kappa shape index (κ3) is 5.28. The maximum Gasteiger partial charge on any atom is 0.225 e. The van der Waals surface area contributed by atoms with Crippen molar-refractivity contribution in [1.29, 1.82) is 0 Å². The Morgan fingerprint density at radius 1 is 1.53 bits per heavy atom. The quantitative estimate of drug-likeness (QED) is 0.599. The van der Waals surface area contributed by atoms with Crippen molar-refractivity contribution in [2.45, 2.75) is 6.42 Å². The molecule has 0 fully saturated rings. The largest absolute Gasteiger partial charge is 0.383 e. The summed E-state index contributed by atoms with van der Waals surface area (Å²) >= 11 is 0. The summed E-state index contributed by atoms with van der Waals surface area (Å²) in [5, 5.41) is 5.79. The van der Waals surface area contributed by atoms with Gasteiger partial charge in [0.25, 0.3) is 0 Å². The molecular weight excluding hydrogens is 220 g/mol. The molecule has 0 aliphatic rings. The lowest BCUT2D eigenvalue weighted by molar-refractivity contribution is -0.116. The predicted octanol–water partition coefficient (Wildman–Crippen LogP) is 0.427. The standard InChI is InChI=1S/C11H18N4O2/c1-17-7-6-13-10-3-2-9(8-14-10)15-11(16)4-5-12/h2-3,8H,4-7,12H2,1H3,(H,13,14)(H,15,16). The van der Waals surface area contributed by atoms with Gasteiger partial charge in [-0.15, -0.1) is 0 Å². The molecule has 0 aliphatic heterocycles. The zero-order valence-corrected chi connectivity index (χ0v) is 9.90. The molecule has 0 saturated heterocycles. The number of rotatable bonds is 7. The number of nitrogens with zero attached hydrogens (tertiary/aromatic N) is 1. The van der Waals surface area contributed by atoms with Crippen LogP contribution in [0.1, 0.15) is 6.42 Å². The first-order valence-electron chi connectivity index (χ1n) is 5.45. The fraction of sp³-hybridized carbons (Fsp3) is 0.455. The molecular formula is C11H18N4O2. The molecule has 4 N–H and O–H groups in total. The first-order chi connectivity index (χ1) is 8.26. The Bertz CT molecular complexity index is 340. The molecule has 94 valence electrons. The topological polar surface area (TPSA) is 89.3 Å². The molecule has 0 unspecified atom stereocenters. The number of nitrogens with one attached hydrogen (secondary N) is 2. The average Bonchev–Trinajstić information content (AvgIpc) is 2.32. The second-order valence-corrected chi connectivity index (χ2v) is 3.44. The summed E-state index contributed by atoms with van der Waals surface area (Å²) in [5.41, 5.74) is 5.94. The first kappa shape index (κ1) is 13.4. The van der Waals surface area contributed by atoms with E-state index in [-0.39, 0.29) is 5.91 Å². The van der Waals surface area contributed by atoms with Crippen molar-refractivity contribution < 1.29 is 9.53 Å². The number of hydrogen-bond acceptors (Lipinski definition) is 5. The number of pyridine rings is 1. The molecule has 1 aromatic rings. The fourth-order valence-electron chi connectivity index (χ4n) is 1.21. The van der Waals surface area contributed by atoms with Gasteiger partial charge in [0.2, 0.25) is 5.91 Å². The van der Waals surface area contributed by atoms with Gasteiger partial charge in [-0.25, -0.2) is 4.98 Å². The minimum atomic E-state index is -0.102. The lowest BCUT2D eigenvalue weighted by atomic mass is 10.3. The van der Waals surface area contributed by atoms with Crippen molar-refractivity contribution in [2.75, 3.05) is 37.4 Å². The van der Waals surface area contributed by atoms with Crippen LogP contribution in [0.4, 0.5) is 11.5 Å². The number of anilines is 2. The number of aromatic nitrogens is 1. The first-order valence-corrected chi connectivity index (χ1v) is 5.45. The molecule has 1 rings (SSSR count). The minimum Gasteiger partial charge on any atom is -0.383 e. The number of carbonyl (C=O) groups is 1. The molecule has 6 heteroatoms. The molecule has 17 heavy (non-hydrogen) atoms. The Hall–Kier alpha value is -1.66. The molecule has 1 aromatic heterocycles. The van der Waals surface area contributed by atoms with Gasteiger partial charge < -0.3 is 21.1 Å². The van der Waals surface area contributed by atoms with E-state index >= 15 is 0 Å². The van der Waals surface area contributed by atoms with Crippen molar-refractivity contribution in [3.8, 4) is 0 Å². The van der Waals surface area contributed by atoms with E-state index < -0.39 is 0 Å². The zero-order chi connectivity index (χ0) is 12.5. The van der Waals surface area contributed by atoms with Gasteiger partial charge in [0, 0.05) is 26.6 Å². The van der Waals surface area contributed by atoms with Crippen molar-refractivity contribution in [3.05, 3.63) is 18.3 Å². The van der Waals surface area contributed by atoms with Gasteiger partial charge >= 0.3 is 0 Å². The summed E-state index contributed by atoms with van der Waals surface area (Å²) in [6, 6.07) is 3.59. The highest BCUT2D eigenvalue weighted by Gasteiger charge is 2.01. The number of amides is 1. The molecule has 0 aliphatic carbocycles. The van der Waals surface area contributed by atoms with Crippen molar-refractivity contribution >= 4 is 17.4 Å². The number of ether oxygens (including phenoxy) is 1. The molecule has 0 atom stereocenters. The van der Waals surface area contributed by atoms with Crippen LogP contribution in [0.2, 0.25) is 0 Å². The zero-order valence-electron chi connectivity index (χ0n) is 9.90. The van der Waals surface area contributed by atoms with Crippen LogP contribution in [-0.2, 0) is 9.53 Å².